The fraction of sp³-hybridized carbons (Fsp3) is 1.00. The molecular weight excluding hydrogens is 170 g/mol. The van der Waals surface area contributed by atoms with Gasteiger partial charge in [-0.15, -0.1) is 0 Å². The second-order valence-corrected chi connectivity index (χ2v) is 3.87. The van der Waals surface area contributed by atoms with Crippen LogP contribution in [-0.2, 0) is 15.2 Å². The third kappa shape index (κ3) is 7.73. The topological polar surface area (TPSA) is 77.5 Å². The first-order valence-corrected chi connectivity index (χ1v) is 4.78. The minimum atomic E-state index is -3.88. The fourth-order valence-corrected chi connectivity index (χ4v) is 1.08. The summed E-state index contributed by atoms with van der Waals surface area (Å²) in [5, 5.41) is 10.0. The van der Waals surface area contributed by atoms with E-state index >= 15 is 0 Å². The molecule has 0 aromatic heterocycles. The molecule has 1 N–H and O–H groups in total. The maximum Gasteiger partial charge on any atom is 0.266 e. The van der Waals surface area contributed by atoms with E-state index < -0.39 is 10.1 Å². The van der Waals surface area contributed by atoms with Gasteiger partial charge in [-0.1, -0.05) is 0 Å². The Morgan fingerprint density at radius 3 is 2.27 bits per heavy atom. The van der Waals surface area contributed by atoms with E-state index in [4.69, 9.17) is 4.55 Å². The van der Waals surface area contributed by atoms with Gasteiger partial charge in [0.05, 0.1) is 12.4 Å². The SMILES string of the molecule is CN(CC[O])CCS(=O)(=O)O. The first kappa shape index (κ1) is 10.8. The number of rotatable bonds is 5. The highest BCUT2D eigenvalue weighted by atomic mass is 32.2. The Kier molecular flexibility index (Phi) is 4.58. The number of nitrogens with zero attached hydrogens (tertiary/aromatic N) is 1. The van der Waals surface area contributed by atoms with Crippen molar-refractivity contribution in [2.24, 2.45) is 0 Å². The lowest BCUT2D eigenvalue weighted by molar-refractivity contribution is 0.156. The molecule has 0 fully saturated rings. The summed E-state index contributed by atoms with van der Waals surface area (Å²) in [5.41, 5.74) is 0. The van der Waals surface area contributed by atoms with Crippen molar-refractivity contribution in [1.82, 2.24) is 4.90 Å². The Labute approximate surface area is 66.4 Å². The lowest BCUT2D eigenvalue weighted by Crippen LogP contribution is -2.27. The van der Waals surface area contributed by atoms with Crippen LogP contribution in [0.2, 0.25) is 0 Å². The summed E-state index contributed by atoms with van der Waals surface area (Å²) in [5.74, 6) is -0.316. The van der Waals surface area contributed by atoms with Crippen LogP contribution in [0.4, 0.5) is 0 Å². The molecule has 0 saturated heterocycles. The van der Waals surface area contributed by atoms with Crippen LogP contribution in [0.15, 0.2) is 0 Å². The molecule has 0 bridgehead atoms. The normalized spacial score (nSPS) is 12.4. The van der Waals surface area contributed by atoms with Crippen molar-refractivity contribution in [1.29, 1.82) is 0 Å². The summed E-state index contributed by atoms with van der Waals surface area (Å²) in [6.07, 6.45) is 0. The van der Waals surface area contributed by atoms with Gasteiger partial charge < -0.3 is 4.90 Å². The van der Waals surface area contributed by atoms with E-state index in [9.17, 15) is 13.5 Å². The maximum absolute atomic E-state index is 10.2. The molecular formula is C5H12NO4S. The van der Waals surface area contributed by atoms with Crippen molar-refractivity contribution in [3.05, 3.63) is 0 Å². The Morgan fingerprint density at radius 1 is 1.36 bits per heavy atom. The second-order valence-electron chi connectivity index (χ2n) is 2.29. The van der Waals surface area contributed by atoms with Gasteiger partial charge in [0.25, 0.3) is 10.1 Å². The molecule has 0 atom stereocenters. The second kappa shape index (κ2) is 4.66. The average molecular weight is 182 g/mol. The molecule has 0 amide bonds. The monoisotopic (exact) mass is 182 g/mol. The third-order valence-corrected chi connectivity index (χ3v) is 1.90. The van der Waals surface area contributed by atoms with Crippen LogP contribution in [0, 0.1) is 0 Å². The maximum atomic E-state index is 10.2. The molecule has 5 nitrogen and oxygen atoms in total. The standard InChI is InChI=1S/C5H12NO4S/c1-6(2-4-7)3-5-11(8,9)10/h2-5H2,1H3,(H,8,9,10). The molecule has 0 aliphatic heterocycles. The molecule has 0 spiro atoms. The van der Waals surface area contributed by atoms with E-state index in [1.165, 1.54) is 0 Å². The van der Waals surface area contributed by atoms with Gasteiger partial charge >= 0.3 is 0 Å². The first-order chi connectivity index (χ1) is 4.95. The summed E-state index contributed by atoms with van der Waals surface area (Å²) in [4.78, 5) is 1.56. The Balaban J connectivity index is 3.54. The summed E-state index contributed by atoms with van der Waals surface area (Å²) >= 11 is 0. The van der Waals surface area contributed by atoms with Gasteiger partial charge in [0.1, 0.15) is 0 Å². The van der Waals surface area contributed by atoms with Crippen molar-refractivity contribution >= 4 is 10.1 Å². The predicted molar refractivity (Wildman–Crippen MR) is 39.5 cm³/mol. The average Bonchev–Trinajstić information content (AvgIpc) is 1.83. The Morgan fingerprint density at radius 2 is 1.91 bits per heavy atom. The van der Waals surface area contributed by atoms with Gasteiger partial charge in [0.2, 0.25) is 0 Å². The van der Waals surface area contributed by atoms with Crippen LogP contribution >= 0.6 is 0 Å². The molecule has 67 valence electrons. The molecule has 0 unspecified atom stereocenters. The zero-order valence-electron chi connectivity index (χ0n) is 6.36. The van der Waals surface area contributed by atoms with Crippen LogP contribution in [-0.4, -0.2) is 50.4 Å². The van der Waals surface area contributed by atoms with E-state index in [-0.39, 0.29) is 18.9 Å². The van der Waals surface area contributed by atoms with E-state index in [1.54, 1.807) is 11.9 Å². The number of hydrogen-bond donors (Lipinski definition) is 1. The first-order valence-electron chi connectivity index (χ1n) is 3.17. The van der Waals surface area contributed by atoms with Gasteiger partial charge in [0.15, 0.2) is 0 Å². The summed E-state index contributed by atoms with van der Waals surface area (Å²) in [7, 11) is -2.25. The number of hydrogen-bond acceptors (Lipinski definition) is 3. The lowest BCUT2D eigenvalue weighted by Gasteiger charge is -2.12. The van der Waals surface area contributed by atoms with E-state index in [1.807, 2.05) is 0 Å². The van der Waals surface area contributed by atoms with Crippen molar-refractivity contribution in [3.8, 4) is 0 Å². The Hall–Kier alpha value is -0.170. The number of likely N-dealkylation sites (N-methyl/N-ethyl adjacent to an activating group) is 1. The molecule has 0 saturated carbocycles. The molecule has 0 heterocycles. The van der Waals surface area contributed by atoms with Crippen LogP contribution in [0.1, 0.15) is 0 Å². The fourth-order valence-electron chi connectivity index (χ4n) is 0.539. The molecule has 0 aromatic carbocycles. The lowest BCUT2D eigenvalue weighted by atomic mass is 10.5. The van der Waals surface area contributed by atoms with Crippen molar-refractivity contribution in [3.63, 3.8) is 0 Å². The Bertz CT molecular complexity index is 189. The van der Waals surface area contributed by atoms with Crippen molar-refractivity contribution in [2.45, 2.75) is 0 Å². The molecule has 0 aliphatic carbocycles. The molecule has 6 heteroatoms. The quantitative estimate of drug-likeness (QED) is 0.567. The van der Waals surface area contributed by atoms with Gasteiger partial charge in [-0.25, -0.2) is 5.11 Å². The summed E-state index contributed by atoms with van der Waals surface area (Å²) < 4.78 is 28.7. The van der Waals surface area contributed by atoms with Crippen LogP contribution in [0.25, 0.3) is 0 Å². The molecule has 0 aliphatic rings. The summed E-state index contributed by atoms with van der Waals surface area (Å²) in [6, 6.07) is 0. The highest BCUT2D eigenvalue weighted by Crippen LogP contribution is 1.86. The van der Waals surface area contributed by atoms with E-state index in [0.29, 0.717) is 6.54 Å². The van der Waals surface area contributed by atoms with Gasteiger partial charge in [-0.3, -0.25) is 4.55 Å². The van der Waals surface area contributed by atoms with Crippen LogP contribution in [0.3, 0.4) is 0 Å². The smallest absolute Gasteiger partial charge is 0.266 e. The van der Waals surface area contributed by atoms with Crippen LogP contribution < -0.4 is 0 Å². The van der Waals surface area contributed by atoms with Gasteiger partial charge in [-0.2, -0.15) is 8.42 Å². The van der Waals surface area contributed by atoms with E-state index in [2.05, 4.69) is 0 Å². The minimum absolute atomic E-state index is 0.196. The predicted octanol–water partition coefficient (Wildman–Crippen LogP) is -0.763. The van der Waals surface area contributed by atoms with Crippen molar-refractivity contribution < 1.29 is 18.1 Å². The van der Waals surface area contributed by atoms with Gasteiger partial charge in [0, 0.05) is 13.1 Å². The largest absolute Gasteiger partial charge is 0.303 e. The molecule has 0 rings (SSSR count). The third-order valence-electron chi connectivity index (χ3n) is 1.20. The minimum Gasteiger partial charge on any atom is -0.303 e. The molecule has 11 heavy (non-hydrogen) atoms. The zero-order valence-corrected chi connectivity index (χ0v) is 7.17. The van der Waals surface area contributed by atoms with Crippen molar-refractivity contribution in [2.75, 3.05) is 32.5 Å². The molecule has 1 radical (unpaired) electrons. The highest BCUT2D eigenvalue weighted by Gasteiger charge is 2.06. The van der Waals surface area contributed by atoms with E-state index in [0.717, 1.165) is 0 Å². The highest BCUT2D eigenvalue weighted by molar-refractivity contribution is 7.85. The van der Waals surface area contributed by atoms with Crippen LogP contribution in [0.5, 0.6) is 0 Å². The zero-order chi connectivity index (χ0) is 8.91. The molecule has 0 aromatic rings. The summed E-state index contributed by atoms with van der Waals surface area (Å²) in [6.45, 7) is 0.235. The van der Waals surface area contributed by atoms with Gasteiger partial charge in [-0.05, 0) is 7.05 Å².